The molecule has 0 spiro atoms. The first kappa shape index (κ1) is 29.5. The number of amides is 2. The lowest BCUT2D eigenvalue weighted by Gasteiger charge is -2.30. The van der Waals surface area contributed by atoms with E-state index < -0.39 is 34.2 Å². The largest absolute Gasteiger partial charge is 0.444 e. The van der Waals surface area contributed by atoms with Crippen LogP contribution in [0.2, 0.25) is 0 Å². The van der Waals surface area contributed by atoms with E-state index in [4.69, 9.17) is 14.7 Å². The molecule has 0 bridgehead atoms. The van der Waals surface area contributed by atoms with E-state index in [1.54, 1.807) is 0 Å². The predicted octanol–water partition coefficient (Wildman–Crippen LogP) is 1.94. The Morgan fingerprint density at radius 3 is 2.37 bits per heavy atom. The van der Waals surface area contributed by atoms with Crippen molar-refractivity contribution in [1.29, 1.82) is 0 Å². The highest BCUT2D eigenvalue weighted by molar-refractivity contribution is 7.89. The number of nitrogens with zero attached hydrogens (tertiary/aromatic N) is 1. The molecule has 1 aliphatic heterocycles. The van der Waals surface area contributed by atoms with Gasteiger partial charge in [0.25, 0.3) is 5.91 Å². The second-order valence-electron chi connectivity index (χ2n) is 9.58. The van der Waals surface area contributed by atoms with Crippen molar-refractivity contribution in [2.24, 2.45) is 5.92 Å². The number of rotatable bonds is 12. The zero-order valence-electron chi connectivity index (χ0n) is 21.4. The fourth-order valence-electron chi connectivity index (χ4n) is 4.10. The first-order valence-corrected chi connectivity index (χ1v) is 13.9. The van der Waals surface area contributed by atoms with Crippen LogP contribution in [0.25, 0.3) is 0 Å². The van der Waals surface area contributed by atoms with E-state index >= 15 is 0 Å². The number of nitrogens with one attached hydrogen (secondary N) is 2. The third-order valence-electron chi connectivity index (χ3n) is 6.04. The van der Waals surface area contributed by atoms with Crippen molar-refractivity contribution in [2.75, 3.05) is 26.3 Å². The van der Waals surface area contributed by atoms with Gasteiger partial charge in [0.1, 0.15) is 6.10 Å². The minimum Gasteiger partial charge on any atom is -0.444 e. The Labute approximate surface area is 222 Å². The van der Waals surface area contributed by atoms with Crippen LogP contribution >= 0.6 is 0 Å². The lowest BCUT2D eigenvalue weighted by atomic mass is 10.0. The molecular weight excluding hydrogens is 514 g/mol. The number of hydrogen-bond donors (Lipinski definition) is 4. The highest BCUT2D eigenvalue weighted by Crippen LogP contribution is 2.20. The minimum atomic E-state index is -4.08. The minimum absolute atomic E-state index is 0.0655. The standard InChI is InChI=1S/C26H35N3O8S/c1-18(2)15-29(38(34,35)22-10-8-20(9-11-22)25(31)28-33)16-24(30)23(14-19-6-4-3-5-7-19)27-26(32)37-21-12-13-36-17-21/h3-11,18,21,23-24,30,33H,12-17H2,1-2H3,(H,27,32)(H,28,31)/t21?,23-,24+/m0/s1. The highest BCUT2D eigenvalue weighted by Gasteiger charge is 2.32. The van der Waals surface area contributed by atoms with Crippen LogP contribution < -0.4 is 10.8 Å². The van der Waals surface area contributed by atoms with Crippen LogP contribution in [0.3, 0.4) is 0 Å². The van der Waals surface area contributed by atoms with Crippen molar-refractivity contribution in [3.63, 3.8) is 0 Å². The van der Waals surface area contributed by atoms with Crippen molar-refractivity contribution in [3.8, 4) is 0 Å². The van der Waals surface area contributed by atoms with Gasteiger partial charge >= 0.3 is 6.09 Å². The number of aliphatic hydroxyl groups excluding tert-OH is 1. The van der Waals surface area contributed by atoms with Crippen LogP contribution in [0.15, 0.2) is 59.5 Å². The van der Waals surface area contributed by atoms with Gasteiger partial charge < -0.3 is 19.9 Å². The molecule has 0 aliphatic carbocycles. The number of carbonyl (C=O) groups is 2. The number of benzene rings is 2. The summed E-state index contributed by atoms with van der Waals surface area (Å²) in [4.78, 5) is 24.2. The smallest absolute Gasteiger partial charge is 0.407 e. The summed E-state index contributed by atoms with van der Waals surface area (Å²) in [6.07, 6.45) is -1.53. The average Bonchev–Trinajstić information content (AvgIpc) is 3.40. The van der Waals surface area contributed by atoms with Gasteiger partial charge in [0, 0.05) is 25.1 Å². The van der Waals surface area contributed by atoms with E-state index in [2.05, 4.69) is 5.32 Å². The summed E-state index contributed by atoms with van der Waals surface area (Å²) in [6.45, 7) is 4.33. The summed E-state index contributed by atoms with van der Waals surface area (Å²) in [5.74, 6) is -0.835. The van der Waals surface area contributed by atoms with Crippen LogP contribution in [0.4, 0.5) is 4.79 Å². The van der Waals surface area contributed by atoms with Gasteiger partial charge in [-0.3, -0.25) is 10.0 Å². The molecule has 3 atom stereocenters. The topological polar surface area (TPSA) is 154 Å². The quantitative estimate of drug-likeness (QED) is 0.231. The maximum Gasteiger partial charge on any atom is 0.407 e. The van der Waals surface area contributed by atoms with Crippen LogP contribution in [0.1, 0.15) is 36.2 Å². The fourth-order valence-corrected chi connectivity index (χ4v) is 5.72. The van der Waals surface area contributed by atoms with Crippen molar-refractivity contribution in [3.05, 3.63) is 65.7 Å². The summed E-state index contributed by atoms with van der Waals surface area (Å²) < 4.78 is 38.9. The third kappa shape index (κ3) is 8.23. The van der Waals surface area contributed by atoms with Gasteiger partial charge in [-0.2, -0.15) is 4.31 Å². The van der Waals surface area contributed by atoms with Crippen molar-refractivity contribution in [1.82, 2.24) is 15.1 Å². The van der Waals surface area contributed by atoms with E-state index in [0.29, 0.717) is 19.6 Å². The Morgan fingerprint density at radius 2 is 1.79 bits per heavy atom. The zero-order chi connectivity index (χ0) is 27.7. The Balaban J connectivity index is 1.81. The van der Waals surface area contributed by atoms with E-state index in [0.717, 1.165) is 5.56 Å². The molecule has 0 radical (unpaired) electrons. The van der Waals surface area contributed by atoms with Gasteiger partial charge in [0.05, 0.1) is 30.3 Å². The normalized spacial score (nSPS) is 17.3. The van der Waals surface area contributed by atoms with Gasteiger partial charge in [0.15, 0.2) is 0 Å². The van der Waals surface area contributed by atoms with Gasteiger partial charge in [-0.1, -0.05) is 44.2 Å². The molecule has 208 valence electrons. The lowest BCUT2D eigenvalue weighted by Crippen LogP contribution is -2.51. The molecule has 4 N–H and O–H groups in total. The Morgan fingerprint density at radius 1 is 1.11 bits per heavy atom. The molecule has 1 unspecified atom stereocenters. The fraction of sp³-hybridized carbons (Fsp3) is 0.462. The van der Waals surface area contributed by atoms with Gasteiger partial charge in [-0.05, 0) is 42.2 Å². The maximum absolute atomic E-state index is 13.5. The SMILES string of the molecule is CC(C)CN(C[C@@H](O)[C@H](Cc1ccccc1)NC(=O)OC1CCOC1)S(=O)(=O)c1ccc(C(=O)NO)cc1. The first-order valence-electron chi connectivity index (χ1n) is 12.4. The molecule has 0 saturated carbocycles. The summed E-state index contributed by atoms with van der Waals surface area (Å²) in [6, 6.07) is 13.5. The molecule has 1 aliphatic rings. The molecule has 1 heterocycles. The Hall–Kier alpha value is -3.03. The number of hydrogen-bond acceptors (Lipinski definition) is 8. The number of sulfonamides is 1. The molecule has 3 rings (SSSR count). The molecular formula is C26H35N3O8S. The summed E-state index contributed by atoms with van der Waals surface area (Å²) >= 11 is 0. The number of hydroxylamine groups is 1. The van der Waals surface area contributed by atoms with Crippen LogP contribution in [0, 0.1) is 5.92 Å². The van der Waals surface area contributed by atoms with Crippen LogP contribution in [-0.4, -0.2) is 79.6 Å². The van der Waals surface area contributed by atoms with Crippen molar-refractivity contribution >= 4 is 22.0 Å². The molecule has 2 aromatic carbocycles. The highest BCUT2D eigenvalue weighted by atomic mass is 32.2. The first-order chi connectivity index (χ1) is 18.1. The predicted molar refractivity (Wildman–Crippen MR) is 138 cm³/mol. The second kappa shape index (κ2) is 13.7. The van der Waals surface area contributed by atoms with Gasteiger partial charge in [0.2, 0.25) is 10.0 Å². The van der Waals surface area contributed by atoms with Crippen molar-refractivity contribution < 1.29 is 37.8 Å². The molecule has 11 nitrogen and oxygen atoms in total. The van der Waals surface area contributed by atoms with Crippen LogP contribution in [0.5, 0.6) is 0 Å². The van der Waals surface area contributed by atoms with Gasteiger partial charge in [-0.25, -0.2) is 18.7 Å². The van der Waals surface area contributed by atoms with Gasteiger partial charge in [-0.15, -0.1) is 0 Å². The molecule has 1 fully saturated rings. The number of alkyl carbamates (subject to hydrolysis) is 1. The summed E-state index contributed by atoms with van der Waals surface area (Å²) in [7, 11) is -4.08. The number of carbonyl (C=O) groups excluding carboxylic acids is 2. The van der Waals surface area contributed by atoms with Crippen LogP contribution in [-0.2, 0) is 25.9 Å². The lowest BCUT2D eigenvalue weighted by molar-refractivity contribution is 0.0643. The summed E-state index contributed by atoms with van der Waals surface area (Å²) in [5, 5.41) is 22.8. The average molecular weight is 550 g/mol. The molecule has 2 aromatic rings. The number of ether oxygens (including phenoxy) is 2. The molecule has 12 heteroatoms. The maximum atomic E-state index is 13.5. The molecule has 0 aromatic heterocycles. The molecule has 1 saturated heterocycles. The van der Waals surface area contributed by atoms with E-state index in [9.17, 15) is 23.1 Å². The van der Waals surface area contributed by atoms with Crippen molar-refractivity contribution in [2.45, 2.75) is 49.8 Å². The molecule has 2 amide bonds. The number of aliphatic hydroxyl groups is 1. The van der Waals surface area contributed by atoms with E-state index in [-0.39, 0.29) is 42.0 Å². The molecule has 38 heavy (non-hydrogen) atoms. The van der Waals surface area contributed by atoms with E-state index in [1.165, 1.54) is 34.1 Å². The Bertz CT molecular complexity index is 1150. The second-order valence-corrected chi connectivity index (χ2v) is 11.5. The Kier molecular flexibility index (Phi) is 10.6. The monoisotopic (exact) mass is 549 g/mol. The zero-order valence-corrected chi connectivity index (χ0v) is 22.3. The third-order valence-corrected chi connectivity index (χ3v) is 7.89. The summed E-state index contributed by atoms with van der Waals surface area (Å²) in [5.41, 5.74) is 2.43. The van der Waals surface area contributed by atoms with E-state index in [1.807, 2.05) is 44.2 Å².